The molecule has 0 spiro atoms. The molecule has 0 radical (unpaired) electrons. The van der Waals surface area contributed by atoms with Crippen molar-refractivity contribution in [3.05, 3.63) is 115 Å². The van der Waals surface area contributed by atoms with Crippen molar-refractivity contribution in [2.45, 2.75) is 31.8 Å². The zero-order chi connectivity index (χ0) is 24.7. The van der Waals surface area contributed by atoms with Gasteiger partial charge >= 0.3 is 0 Å². The van der Waals surface area contributed by atoms with Crippen LogP contribution in [0.4, 0.5) is 0 Å². The van der Waals surface area contributed by atoms with Crippen molar-refractivity contribution in [2.75, 3.05) is 20.1 Å². The number of piperidine rings is 1. The molecule has 2 aromatic heterocycles. The maximum Gasteiger partial charge on any atom is 0.253 e. The van der Waals surface area contributed by atoms with E-state index in [4.69, 9.17) is 0 Å². The van der Waals surface area contributed by atoms with E-state index in [2.05, 4.69) is 58.3 Å². The van der Waals surface area contributed by atoms with Gasteiger partial charge in [0.1, 0.15) is 0 Å². The molecular formula is C30H33N5O. The Morgan fingerprint density at radius 3 is 2.36 bits per heavy atom. The third-order valence-electron chi connectivity index (χ3n) is 7.30. The zero-order valence-corrected chi connectivity index (χ0v) is 20.8. The molecule has 1 aliphatic heterocycles. The average molecular weight is 480 g/mol. The van der Waals surface area contributed by atoms with Crippen molar-refractivity contribution in [3.63, 3.8) is 0 Å². The molecule has 1 fully saturated rings. The summed E-state index contributed by atoms with van der Waals surface area (Å²) in [5, 5.41) is 0. The molecule has 184 valence electrons. The average Bonchev–Trinajstić information content (AvgIpc) is 3.48. The molecule has 2 aromatic carbocycles. The Morgan fingerprint density at radius 2 is 1.69 bits per heavy atom. The molecule has 5 rings (SSSR count). The van der Waals surface area contributed by atoms with E-state index in [1.165, 1.54) is 11.1 Å². The number of benzene rings is 2. The standard InChI is InChI=1S/C30H33N5O/c1-33(22-25-8-5-15-31-21-25)29(20-24-6-3-2-4-7-24)26-13-17-34(18-14-26)30(36)27-9-11-28(12-10-27)35-19-16-32-23-35/h2-12,15-16,19,21,23,26,29H,13-14,17-18,20,22H2,1H3/t29-/m0/s1. The summed E-state index contributed by atoms with van der Waals surface area (Å²) in [7, 11) is 2.22. The fourth-order valence-electron chi connectivity index (χ4n) is 5.29. The fourth-order valence-corrected chi connectivity index (χ4v) is 5.29. The normalized spacial score (nSPS) is 15.2. The Bertz CT molecular complexity index is 1220. The van der Waals surface area contributed by atoms with E-state index in [1.54, 1.807) is 12.5 Å². The van der Waals surface area contributed by atoms with Crippen LogP contribution in [0.25, 0.3) is 5.69 Å². The van der Waals surface area contributed by atoms with Crippen molar-refractivity contribution in [2.24, 2.45) is 5.92 Å². The smallest absolute Gasteiger partial charge is 0.253 e. The Hall–Kier alpha value is -3.77. The summed E-state index contributed by atoms with van der Waals surface area (Å²) in [6, 6.07) is 23.1. The summed E-state index contributed by atoms with van der Waals surface area (Å²) < 4.78 is 1.94. The number of likely N-dealkylation sites (N-methyl/N-ethyl adjacent to an activating group) is 1. The summed E-state index contributed by atoms with van der Waals surface area (Å²) in [6.07, 6.45) is 12.2. The van der Waals surface area contributed by atoms with Crippen LogP contribution in [0.3, 0.4) is 0 Å². The molecular weight excluding hydrogens is 446 g/mol. The van der Waals surface area contributed by atoms with Crippen molar-refractivity contribution in [1.82, 2.24) is 24.3 Å². The molecule has 3 heterocycles. The second kappa shape index (κ2) is 11.3. The monoisotopic (exact) mass is 479 g/mol. The summed E-state index contributed by atoms with van der Waals surface area (Å²) in [6.45, 7) is 2.45. The first kappa shape index (κ1) is 23.9. The van der Waals surface area contributed by atoms with Crippen LogP contribution in [0, 0.1) is 5.92 Å². The van der Waals surface area contributed by atoms with Crippen molar-refractivity contribution in [1.29, 1.82) is 0 Å². The fraction of sp³-hybridized carbons (Fsp3) is 0.300. The first-order valence-corrected chi connectivity index (χ1v) is 12.7. The van der Waals surface area contributed by atoms with Crippen LogP contribution >= 0.6 is 0 Å². The van der Waals surface area contributed by atoms with E-state index >= 15 is 0 Å². The number of imidazole rings is 1. The molecule has 1 amide bonds. The van der Waals surface area contributed by atoms with E-state index < -0.39 is 0 Å². The van der Waals surface area contributed by atoms with E-state index in [0.29, 0.717) is 12.0 Å². The van der Waals surface area contributed by atoms with E-state index in [9.17, 15) is 4.79 Å². The third kappa shape index (κ3) is 5.71. The number of likely N-dealkylation sites (tertiary alicyclic amines) is 1. The lowest BCUT2D eigenvalue weighted by molar-refractivity contribution is 0.0603. The van der Waals surface area contributed by atoms with Crippen molar-refractivity contribution >= 4 is 5.91 Å². The minimum Gasteiger partial charge on any atom is -0.339 e. The van der Waals surface area contributed by atoms with Gasteiger partial charge in [0.05, 0.1) is 6.33 Å². The van der Waals surface area contributed by atoms with Gasteiger partial charge in [0, 0.05) is 61.7 Å². The van der Waals surface area contributed by atoms with Gasteiger partial charge in [-0.25, -0.2) is 4.98 Å². The lowest BCUT2D eigenvalue weighted by atomic mass is 9.84. The molecule has 0 bridgehead atoms. The molecule has 36 heavy (non-hydrogen) atoms. The number of aromatic nitrogens is 3. The highest BCUT2D eigenvalue weighted by atomic mass is 16.2. The molecule has 1 saturated heterocycles. The Balaban J connectivity index is 1.24. The minimum atomic E-state index is 0.119. The molecule has 1 aliphatic rings. The van der Waals surface area contributed by atoms with Crippen LogP contribution in [0.1, 0.15) is 34.3 Å². The van der Waals surface area contributed by atoms with Crippen molar-refractivity contribution in [3.8, 4) is 5.69 Å². The predicted molar refractivity (Wildman–Crippen MR) is 142 cm³/mol. The maximum atomic E-state index is 13.2. The van der Waals surface area contributed by atoms with E-state index in [0.717, 1.165) is 50.1 Å². The third-order valence-corrected chi connectivity index (χ3v) is 7.30. The number of rotatable bonds is 8. The van der Waals surface area contributed by atoms with Gasteiger partial charge in [-0.3, -0.25) is 14.7 Å². The van der Waals surface area contributed by atoms with Gasteiger partial charge in [0.2, 0.25) is 0 Å². The lowest BCUT2D eigenvalue weighted by Crippen LogP contribution is -2.46. The number of carbonyl (C=O) groups is 1. The van der Waals surface area contributed by atoms with Crippen molar-refractivity contribution < 1.29 is 4.79 Å². The highest BCUT2D eigenvalue weighted by molar-refractivity contribution is 5.94. The van der Waals surface area contributed by atoms with E-state index in [-0.39, 0.29) is 5.91 Å². The van der Waals surface area contributed by atoms with Crippen LogP contribution < -0.4 is 0 Å². The quantitative estimate of drug-likeness (QED) is 0.362. The predicted octanol–water partition coefficient (Wildman–Crippen LogP) is 4.86. The van der Waals surface area contributed by atoms with Crippen LogP contribution in [-0.4, -0.2) is 56.4 Å². The summed E-state index contributed by atoms with van der Waals surface area (Å²) in [5.74, 6) is 0.647. The van der Waals surface area contributed by atoms with E-state index in [1.807, 2.05) is 58.4 Å². The van der Waals surface area contributed by atoms with Crippen LogP contribution in [0.2, 0.25) is 0 Å². The topological polar surface area (TPSA) is 54.3 Å². The van der Waals surface area contributed by atoms with Gasteiger partial charge in [0.25, 0.3) is 5.91 Å². The number of pyridine rings is 1. The second-order valence-corrected chi connectivity index (χ2v) is 9.68. The number of amides is 1. The minimum absolute atomic E-state index is 0.119. The summed E-state index contributed by atoms with van der Waals surface area (Å²) >= 11 is 0. The van der Waals surface area contributed by atoms with Crippen LogP contribution in [0.15, 0.2) is 97.8 Å². The van der Waals surface area contributed by atoms with Gasteiger partial charge in [-0.2, -0.15) is 0 Å². The highest BCUT2D eigenvalue weighted by Gasteiger charge is 2.31. The largest absolute Gasteiger partial charge is 0.339 e. The Kier molecular flexibility index (Phi) is 7.52. The van der Waals surface area contributed by atoms with Gasteiger partial charge in [0.15, 0.2) is 0 Å². The molecule has 6 nitrogen and oxygen atoms in total. The summed E-state index contributed by atoms with van der Waals surface area (Å²) in [5.41, 5.74) is 4.33. The highest BCUT2D eigenvalue weighted by Crippen LogP contribution is 2.28. The van der Waals surface area contributed by atoms with Gasteiger partial charge < -0.3 is 9.47 Å². The summed E-state index contributed by atoms with van der Waals surface area (Å²) in [4.78, 5) is 26.1. The first-order valence-electron chi connectivity index (χ1n) is 12.7. The van der Waals surface area contributed by atoms with Gasteiger partial charge in [-0.05, 0) is 73.7 Å². The molecule has 0 saturated carbocycles. The number of carbonyl (C=O) groups excluding carboxylic acids is 1. The molecule has 1 atom stereocenters. The Labute approximate surface area is 213 Å². The molecule has 0 unspecified atom stereocenters. The second-order valence-electron chi connectivity index (χ2n) is 9.68. The molecule has 0 aliphatic carbocycles. The van der Waals surface area contributed by atoms with Gasteiger partial charge in [-0.15, -0.1) is 0 Å². The zero-order valence-electron chi connectivity index (χ0n) is 20.8. The molecule has 0 N–H and O–H groups in total. The van der Waals surface area contributed by atoms with Crippen LogP contribution in [0.5, 0.6) is 0 Å². The Morgan fingerprint density at radius 1 is 0.944 bits per heavy atom. The number of nitrogens with zero attached hydrogens (tertiary/aromatic N) is 5. The lowest BCUT2D eigenvalue weighted by Gasteiger charge is -2.40. The SMILES string of the molecule is CN(Cc1cccnc1)[C@@H](Cc1ccccc1)C1CCN(C(=O)c2ccc(-n3ccnc3)cc2)CC1. The maximum absolute atomic E-state index is 13.2. The molecule has 6 heteroatoms. The molecule has 4 aromatic rings. The first-order chi connectivity index (χ1) is 17.7. The number of hydrogen-bond acceptors (Lipinski definition) is 4. The van der Waals surface area contributed by atoms with Gasteiger partial charge in [-0.1, -0.05) is 36.4 Å². The van der Waals surface area contributed by atoms with Crippen LogP contribution in [-0.2, 0) is 13.0 Å². The number of hydrogen-bond donors (Lipinski definition) is 0.